The molecule has 1 fully saturated rings. The highest BCUT2D eigenvalue weighted by Gasteiger charge is 2.29. The van der Waals surface area contributed by atoms with Gasteiger partial charge in [0.05, 0.1) is 12.7 Å². The zero-order valence-electron chi connectivity index (χ0n) is 13.6. The summed E-state index contributed by atoms with van der Waals surface area (Å²) < 4.78 is 11.2. The SMILES string of the molecule is Cc1ccc(OCCCCNC(=O)[C@@H]2CC[C@H](CN)O2)cc1.Cl. The molecule has 0 bridgehead atoms. The number of hydrogen-bond donors (Lipinski definition) is 2. The highest BCUT2D eigenvalue weighted by atomic mass is 35.5. The van der Waals surface area contributed by atoms with Gasteiger partial charge in [0.1, 0.15) is 11.9 Å². The Balaban J connectivity index is 0.00000264. The first kappa shape index (κ1) is 19.7. The fraction of sp³-hybridized carbons (Fsp3) is 0.588. The van der Waals surface area contributed by atoms with Crippen molar-refractivity contribution in [3.8, 4) is 5.75 Å². The van der Waals surface area contributed by atoms with E-state index in [0.29, 0.717) is 19.7 Å². The minimum atomic E-state index is -0.322. The van der Waals surface area contributed by atoms with E-state index in [4.69, 9.17) is 15.2 Å². The van der Waals surface area contributed by atoms with E-state index >= 15 is 0 Å². The quantitative estimate of drug-likeness (QED) is 0.710. The van der Waals surface area contributed by atoms with E-state index in [0.717, 1.165) is 31.4 Å². The number of ether oxygens (including phenoxy) is 2. The molecule has 1 aliphatic heterocycles. The van der Waals surface area contributed by atoms with Crippen LogP contribution in [0.4, 0.5) is 0 Å². The molecule has 1 aromatic rings. The van der Waals surface area contributed by atoms with Crippen LogP contribution in [0.1, 0.15) is 31.2 Å². The fourth-order valence-electron chi connectivity index (χ4n) is 2.45. The lowest BCUT2D eigenvalue weighted by Gasteiger charge is -2.12. The van der Waals surface area contributed by atoms with Gasteiger partial charge in [-0.2, -0.15) is 0 Å². The molecule has 0 saturated carbocycles. The molecular formula is C17H27ClN2O3. The Labute approximate surface area is 144 Å². The lowest BCUT2D eigenvalue weighted by Crippen LogP contribution is -2.36. The van der Waals surface area contributed by atoms with Crippen LogP contribution in [0.15, 0.2) is 24.3 Å². The molecule has 2 rings (SSSR count). The van der Waals surface area contributed by atoms with Crippen LogP contribution in [0.25, 0.3) is 0 Å². The summed E-state index contributed by atoms with van der Waals surface area (Å²) in [7, 11) is 0. The summed E-state index contributed by atoms with van der Waals surface area (Å²) in [5, 5.41) is 2.92. The number of aryl methyl sites for hydroxylation is 1. The Morgan fingerprint density at radius 2 is 2.04 bits per heavy atom. The van der Waals surface area contributed by atoms with Gasteiger partial charge >= 0.3 is 0 Å². The van der Waals surface area contributed by atoms with Crippen molar-refractivity contribution in [1.29, 1.82) is 0 Å². The minimum Gasteiger partial charge on any atom is -0.494 e. The predicted octanol–water partition coefficient (Wildman–Crippen LogP) is 2.20. The van der Waals surface area contributed by atoms with Crippen LogP contribution in [-0.4, -0.2) is 37.8 Å². The van der Waals surface area contributed by atoms with Crippen LogP contribution in [0, 0.1) is 6.92 Å². The van der Waals surface area contributed by atoms with Crippen LogP contribution in [0.3, 0.4) is 0 Å². The van der Waals surface area contributed by atoms with Gasteiger partial charge in [-0.1, -0.05) is 17.7 Å². The van der Waals surface area contributed by atoms with Crippen molar-refractivity contribution in [3.05, 3.63) is 29.8 Å². The Hall–Kier alpha value is -1.30. The number of halogens is 1. The molecule has 0 radical (unpaired) electrons. The third-order valence-electron chi connectivity index (χ3n) is 3.82. The summed E-state index contributed by atoms with van der Waals surface area (Å²) in [6.07, 6.45) is 3.16. The van der Waals surface area contributed by atoms with Crippen molar-refractivity contribution in [3.63, 3.8) is 0 Å². The summed E-state index contributed by atoms with van der Waals surface area (Å²) in [4.78, 5) is 11.9. The number of unbranched alkanes of at least 4 members (excludes halogenated alkanes) is 1. The number of benzene rings is 1. The van der Waals surface area contributed by atoms with Crippen molar-refractivity contribution < 1.29 is 14.3 Å². The first-order valence-electron chi connectivity index (χ1n) is 8.01. The lowest BCUT2D eigenvalue weighted by molar-refractivity contribution is -0.131. The van der Waals surface area contributed by atoms with Crippen LogP contribution >= 0.6 is 12.4 Å². The standard InChI is InChI=1S/C17H26N2O3.ClH/c1-13-4-6-14(7-5-13)21-11-3-2-10-19-17(20)16-9-8-15(12-18)22-16;/h4-7,15-16H,2-3,8-12,18H2,1H3,(H,19,20);1H/t15-,16+;/m1./s1. The van der Waals surface area contributed by atoms with Gasteiger partial charge in [0.15, 0.2) is 0 Å². The molecular weight excluding hydrogens is 316 g/mol. The Morgan fingerprint density at radius 1 is 1.30 bits per heavy atom. The molecule has 0 spiro atoms. The maximum absolute atomic E-state index is 11.9. The van der Waals surface area contributed by atoms with Crippen molar-refractivity contribution >= 4 is 18.3 Å². The molecule has 2 atom stereocenters. The number of nitrogens with two attached hydrogens (primary N) is 1. The molecule has 1 saturated heterocycles. The first-order valence-corrected chi connectivity index (χ1v) is 8.01. The van der Waals surface area contributed by atoms with E-state index in [9.17, 15) is 4.79 Å². The van der Waals surface area contributed by atoms with E-state index in [1.54, 1.807) is 0 Å². The molecule has 1 heterocycles. The zero-order valence-corrected chi connectivity index (χ0v) is 14.4. The van der Waals surface area contributed by atoms with Crippen molar-refractivity contribution in [2.24, 2.45) is 5.73 Å². The summed E-state index contributed by atoms with van der Waals surface area (Å²) in [6.45, 7) is 3.85. The van der Waals surface area contributed by atoms with Gasteiger partial charge in [0.25, 0.3) is 0 Å². The molecule has 5 nitrogen and oxygen atoms in total. The van der Waals surface area contributed by atoms with Gasteiger partial charge in [-0.05, 0) is 44.7 Å². The maximum atomic E-state index is 11.9. The Kier molecular flexibility index (Phi) is 8.99. The molecule has 0 unspecified atom stereocenters. The van der Waals surface area contributed by atoms with Crippen molar-refractivity contribution in [1.82, 2.24) is 5.32 Å². The summed E-state index contributed by atoms with van der Waals surface area (Å²) in [5.74, 6) is 0.872. The molecule has 1 aliphatic rings. The summed E-state index contributed by atoms with van der Waals surface area (Å²) in [5.41, 5.74) is 6.76. The van der Waals surface area contributed by atoms with Crippen LogP contribution in [0.2, 0.25) is 0 Å². The molecule has 1 aromatic carbocycles. The second kappa shape index (κ2) is 10.5. The molecule has 0 aromatic heterocycles. The molecule has 6 heteroatoms. The summed E-state index contributed by atoms with van der Waals surface area (Å²) >= 11 is 0. The zero-order chi connectivity index (χ0) is 15.8. The molecule has 23 heavy (non-hydrogen) atoms. The van der Waals surface area contributed by atoms with Crippen LogP contribution in [0.5, 0.6) is 5.75 Å². The number of hydrogen-bond acceptors (Lipinski definition) is 4. The van der Waals surface area contributed by atoms with Gasteiger partial charge in [-0.25, -0.2) is 0 Å². The number of nitrogens with one attached hydrogen (secondary N) is 1. The van der Waals surface area contributed by atoms with Gasteiger partial charge in [-0.15, -0.1) is 12.4 Å². The normalized spacial score (nSPS) is 19.9. The van der Waals surface area contributed by atoms with E-state index < -0.39 is 0 Å². The highest BCUT2D eigenvalue weighted by molar-refractivity contribution is 5.85. The maximum Gasteiger partial charge on any atom is 0.249 e. The number of carbonyl (C=O) groups is 1. The number of amides is 1. The smallest absolute Gasteiger partial charge is 0.249 e. The fourth-order valence-corrected chi connectivity index (χ4v) is 2.45. The van der Waals surface area contributed by atoms with Crippen LogP contribution < -0.4 is 15.8 Å². The van der Waals surface area contributed by atoms with Gasteiger partial charge in [0.2, 0.25) is 5.91 Å². The Morgan fingerprint density at radius 3 is 2.70 bits per heavy atom. The lowest BCUT2D eigenvalue weighted by atomic mass is 10.2. The van der Waals surface area contributed by atoms with Gasteiger partial charge in [-0.3, -0.25) is 4.79 Å². The van der Waals surface area contributed by atoms with Crippen molar-refractivity contribution in [2.75, 3.05) is 19.7 Å². The third kappa shape index (κ3) is 6.77. The average molecular weight is 343 g/mol. The van der Waals surface area contributed by atoms with Gasteiger partial charge in [0, 0.05) is 13.1 Å². The van der Waals surface area contributed by atoms with E-state index in [2.05, 4.69) is 12.2 Å². The second-order valence-corrected chi connectivity index (χ2v) is 5.72. The minimum absolute atomic E-state index is 0. The highest BCUT2D eigenvalue weighted by Crippen LogP contribution is 2.18. The topological polar surface area (TPSA) is 73.6 Å². The van der Waals surface area contributed by atoms with Gasteiger partial charge < -0.3 is 20.5 Å². The van der Waals surface area contributed by atoms with Crippen LogP contribution in [-0.2, 0) is 9.53 Å². The summed E-state index contributed by atoms with van der Waals surface area (Å²) in [6, 6.07) is 8.02. The van der Waals surface area contributed by atoms with E-state index in [-0.39, 0.29) is 30.5 Å². The number of rotatable bonds is 8. The van der Waals surface area contributed by atoms with E-state index in [1.165, 1.54) is 5.56 Å². The molecule has 130 valence electrons. The average Bonchev–Trinajstić information content (AvgIpc) is 3.01. The first-order chi connectivity index (χ1) is 10.7. The molecule has 0 aliphatic carbocycles. The molecule has 1 amide bonds. The monoisotopic (exact) mass is 342 g/mol. The Bertz CT molecular complexity index is 467. The molecule has 3 N–H and O–H groups in total. The van der Waals surface area contributed by atoms with E-state index in [1.807, 2.05) is 24.3 Å². The third-order valence-corrected chi connectivity index (χ3v) is 3.82. The predicted molar refractivity (Wildman–Crippen MR) is 93.1 cm³/mol. The van der Waals surface area contributed by atoms with Crippen molar-refractivity contribution in [2.45, 2.75) is 44.8 Å². The second-order valence-electron chi connectivity index (χ2n) is 5.72. The number of carbonyl (C=O) groups excluding carboxylic acids is 1. The largest absolute Gasteiger partial charge is 0.494 e.